The highest BCUT2D eigenvalue weighted by Gasteiger charge is 2.31. The standard InChI is InChI=1S/C13H16N4O2S/c1-7-6-20-13(15-7)17-9-4-2-3-8(5-14)10(9)11(16-17)12(18)19/h6,8H,2-5,14H2,1H3,(H,18,19). The molecule has 1 unspecified atom stereocenters. The smallest absolute Gasteiger partial charge is 0.356 e. The van der Waals surface area contributed by atoms with Crippen LogP contribution < -0.4 is 5.73 Å². The molecule has 0 saturated heterocycles. The molecule has 6 nitrogen and oxygen atoms in total. The molecule has 0 radical (unpaired) electrons. The monoisotopic (exact) mass is 292 g/mol. The zero-order valence-electron chi connectivity index (χ0n) is 11.2. The van der Waals surface area contributed by atoms with Gasteiger partial charge in [0.2, 0.25) is 5.13 Å². The van der Waals surface area contributed by atoms with Crippen LogP contribution in [-0.4, -0.2) is 32.4 Å². The molecule has 0 saturated carbocycles. The fourth-order valence-corrected chi connectivity index (χ4v) is 3.56. The number of hydrogen-bond donors (Lipinski definition) is 2. The molecule has 1 aliphatic carbocycles. The Kier molecular flexibility index (Phi) is 3.31. The minimum atomic E-state index is -0.992. The van der Waals surface area contributed by atoms with E-state index in [-0.39, 0.29) is 11.6 Å². The summed E-state index contributed by atoms with van der Waals surface area (Å²) in [7, 11) is 0. The predicted molar refractivity (Wildman–Crippen MR) is 75.7 cm³/mol. The van der Waals surface area contributed by atoms with Gasteiger partial charge in [0.1, 0.15) is 0 Å². The van der Waals surface area contributed by atoms with E-state index in [9.17, 15) is 9.90 Å². The molecule has 3 rings (SSSR count). The van der Waals surface area contributed by atoms with Crippen molar-refractivity contribution in [1.82, 2.24) is 14.8 Å². The first-order valence-electron chi connectivity index (χ1n) is 6.59. The molecule has 2 aromatic rings. The summed E-state index contributed by atoms with van der Waals surface area (Å²) in [6.45, 7) is 2.37. The number of aryl methyl sites for hydroxylation is 1. The Labute approximate surface area is 120 Å². The Balaban J connectivity index is 2.20. The lowest BCUT2D eigenvalue weighted by Gasteiger charge is -2.21. The summed E-state index contributed by atoms with van der Waals surface area (Å²) in [6.07, 6.45) is 2.75. The van der Waals surface area contributed by atoms with Crippen LogP contribution in [0.25, 0.3) is 5.13 Å². The van der Waals surface area contributed by atoms with Gasteiger partial charge in [-0.2, -0.15) is 5.10 Å². The highest BCUT2D eigenvalue weighted by Crippen LogP contribution is 2.35. The summed E-state index contributed by atoms with van der Waals surface area (Å²) in [5, 5.41) is 16.3. The molecule has 7 heteroatoms. The van der Waals surface area contributed by atoms with Crippen molar-refractivity contribution in [1.29, 1.82) is 0 Å². The first-order valence-corrected chi connectivity index (χ1v) is 7.47. The molecule has 2 aromatic heterocycles. The Morgan fingerprint density at radius 1 is 1.65 bits per heavy atom. The van der Waals surface area contributed by atoms with Crippen molar-refractivity contribution in [3.05, 3.63) is 28.0 Å². The third-order valence-electron chi connectivity index (χ3n) is 3.67. The van der Waals surface area contributed by atoms with E-state index in [0.29, 0.717) is 6.54 Å². The van der Waals surface area contributed by atoms with Gasteiger partial charge in [-0.15, -0.1) is 11.3 Å². The number of carboxylic acids is 1. The van der Waals surface area contributed by atoms with Gasteiger partial charge in [0.15, 0.2) is 5.69 Å². The Morgan fingerprint density at radius 2 is 2.45 bits per heavy atom. The van der Waals surface area contributed by atoms with Gasteiger partial charge in [-0.3, -0.25) is 0 Å². The van der Waals surface area contributed by atoms with Crippen LogP contribution in [0.15, 0.2) is 5.38 Å². The minimum absolute atomic E-state index is 0.0830. The number of carbonyl (C=O) groups is 1. The summed E-state index contributed by atoms with van der Waals surface area (Å²) >= 11 is 1.47. The minimum Gasteiger partial charge on any atom is -0.476 e. The summed E-state index contributed by atoms with van der Waals surface area (Å²) in [6, 6.07) is 0. The summed E-state index contributed by atoms with van der Waals surface area (Å²) < 4.78 is 1.69. The third kappa shape index (κ3) is 2.03. The molecule has 0 aliphatic heterocycles. The summed E-state index contributed by atoms with van der Waals surface area (Å²) in [5.41, 5.74) is 8.60. The zero-order chi connectivity index (χ0) is 14.3. The number of nitrogens with two attached hydrogens (primary N) is 1. The molecule has 0 aromatic carbocycles. The van der Waals surface area contributed by atoms with E-state index in [1.807, 2.05) is 12.3 Å². The number of aromatic carboxylic acids is 1. The van der Waals surface area contributed by atoms with E-state index in [1.165, 1.54) is 11.3 Å². The van der Waals surface area contributed by atoms with Crippen molar-refractivity contribution < 1.29 is 9.90 Å². The summed E-state index contributed by atoms with van der Waals surface area (Å²) in [5.74, 6) is -0.909. The largest absolute Gasteiger partial charge is 0.476 e. The van der Waals surface area contributed by atoms with E-state index in [2.05, 4.69) is 10.1 Å². The van der Waals surface area contributed by atoms with Crippen molar-refractivity contribution in [2.45, 2.75) is 32.1 Å². The van der Waals surface area contributed by atoms with Gasteiger partial charge < -0.3 is 10.8 Å². The van der Waals surface area contributed by atoms with Crippen LogP contribution >= 0.6 is 11.3 Å². The SMILES string of the molecule is Cc1csc(-n2nc(C(=O)O)c3c2CCCC3CN)n1. The highest BCUT2D eigenvalue weighted by atomic mass is 32.1. The van der Waals surface area contributed by atoms with E-state index in [1.54, 1.807) is 4.68 Å². The molecular weight excluding hydrogens is 276 g/mol. The second-order valence-electron chi connectivity index (χ2n) is 5.02. The topological polar surface area (TPSA) is 94.0 Å². The lowest BCUT2D eigenvalue weighted by Crippen LogP contribution is -2.20. The zero-order valence-corrected chi connectivity index (χ0v) is 12.0. The van der Waals surface area contributed by atoms with Gasteiger partial charge in [-0.1, -0.05) is 0 Å². The number of thiazole rings is 1. The fourth-order valence-electron chi connectivity index (χ4n) is 2.79. The van der Waals surface area contributed by atoms with Crippen molar-refractivity contribution in [2.75, 3.05) is 6.54 Å². The fraction of sp³-hybridized carbons (Fsp3) is 0.462. The highest BCUT2D eigenvalue weighted by molar-refractivity contribution is 7.12. The van der Waals surface area contributed by atoms with Crippen molar-refractivity contribution in [3.63, 3.8) is 0 Å². The van der Waals surface area contributed by atoms with E-state index in [4.69, 9.17) is 5.73 Å². The number of rotatable bonds is 3. The molecule has 106 valence electrons. The molecule has 0 bridgehead atoms. The maximum Gasteiger partial charge on any atom is 0.356 e. The molecule has 20 heavy (non-hydrogen) atoms. The maximum absolute atomic E-state index is 11.5. The Morgan fingerprint density at radius 3 is 3.05 bits per heavy atom. The first-order chi connectivity index (χ1) is 9.61. The second-order valence-corrected chi connectivity index (χ2v) is 5.86. The van der Waals surface area contributed by atoms with Crippen LogP contribution in [0.4, 0.5) is 0 Å². The molecule has 0 spiro atoms. The quantitative estimate of drug-likeness (QED) is 0.898. The molecule has 1 aliphatic rings. The molecule has 2 heterocycles. The Hall–Kier alpha value is -1.73. The van der Waals surface area contributed by atoms with Crippen LogP contribution in [-0.2, 0) is 6.42 Å². The van der Waals surface area contributed by atoms with Crippen molar-refractivity contribution >= 4 is 17.3 Å². The third-order valence-corrected chi connectivity index (χ3v) is 4.61. The van der Waals surface area contributed by atoms with E-state index < -0.39 is 5.97 Å². The van der Waals surface area contributed by atoms with Crippen LogP contribution in [0, 0.1) is 6.92 Å². The number of fused-ring (bicyclic) bond motifs is 1. The van der Waals surface area contributed by atoms with Crippen LogP contribution in [0.3, 0.4) is 0 Å². The van der Waals surface area contributed by atoms with Gasteiger partial charge in [-0.05, 0) is 32.7 Å². The number of hydrogen-bond acceptors (Lipinski definition) is 5. The van der Waals surface area contributed by atoms with Gasteiger partial charge in [0, 0.05) is 16.9 Å². The van der Waals surface area contributed by atoms with E-state index >= 15 is 0 Å². The lowest BCUT2D eigenvalue weighted by molar-refractivity contribution is 0.0688. The lowest BCUT2D eigenvalue weighted by atomic mass is 9.85. The summed E-state index contributed by atoms with van der Waals surface area (Å²) in [4.78, 5) is 15.9. The number of carboxylic acid groups (broad SMARTS) is 1. The normalized spacial score (nSPS) is 18.0. The molecule has 1 atom stereocenters. The van der Waals surface area contributed by atoms with Crippen LogP contribution in [0.2, 0.25) is 0 Å². The van der Waals surface area contributed by atoms with E-state index in [0.717, 1.165) is 41.3 Å². The number of nitrogens with zero attached hydrogens (tertiary/aromatic N) is 3. The van der Waals surface area contributed by atoms with Gasteiger partial charge in [0.05, 0.1) is 11.4 Å². The Bertz CT molecular complexity index is 661. The molecule has 0 fully saturated rings. The second kappa shape index (κ2) is 4.99. The molecule has 0 amide bonds. The van der Waals surface area contributed by atoms with Gasteiger partial charge in [-0.25, -0.2) is 14.5 Å². The first kappa shape index (κ1) is 13.3. The van der Waals surface area contributed by atoms with Crippen molar-refractivity contribution in [3.8, 4) is 5.13 Å². The van der Waals surface area contributed by atoms with Crippen molar-refractivity contribution in [2.24, 2.45) is 5.73 Å². The molecular formula is C13H16N4O2S. The average molecular weight is 292 g/mol. The van der Waals surface area contributed by atoms with Crippen LogP contribution in [0.1, 0.15) is 46.2 Å². The van der Waals surface area contributed by atoms with Crippen LogP contribution in [0.5, 0.6) is 0 Å². The predicted octanol–water partition coefficient (Wildman–Crippen LogP) is 1.71. The average Bonchev–Trinajstić information content (AvgIpc) is 3.01. The number of aromatic nitrogens is 3. The molecule has 3 N–H and O–H groups in total. The van der Waals surface area contributed by atoms with Gasteiger partial charge >= 0.3 is 5.97 Å². The maximum atomic E-state index is 11.5. The van der Waals surface area contributed by atoms with Gasteiger partial charge in [0.25, 0.3) is 0 Å².